The van der Waals surface area contributed by atoms with Crippen molar-refractivity contribution < 1.29 is 10.0 Å². The average molecular weight is 241 g/mol. The molecular weight excluding hydrogens is 214 g/mol. The molecule has 0 unspecified atom stereocenters. The Morgan fingerprint density at radius 3 is 2.35 bits per heavy atom. The minimum atomic E-state index is -0.252. The predicted octanol–water partition coefficient (Wildman–Crippen LogP) is 3.90. The van der Waals surface area contributed by atoms with Crippen LogP contribution in [0.5, 0.6) is 0 Å². The van der Waals surface area contributed by atoms with Gasteiger partial charge in [-0.2, -0.15) is 0 Å². The van der Waals surface area contributed by atoms with Crippen LogP contribution < -0.4 is 0 Å². The van der Waals surface area contributed by atoms with Crippen molar-refractivity contribution in [2.75, 3.05) is 0 Å². The third-order valence-electron chi connectivity index (χ3n) is 3.93. The molecule has 1 aliphatic carbocycles. The number of unbranched alkanes of at least 4 members (excludes halogenated alkanes) is 1. The van der Waals surface area contributed by atoms with Crippen molar-refractivity contribution in [3.8, 4) is 0 Å². The molecule has 17 heavy (non-hydrogen) atoms. The van der Waals surface area contributed by atoms with Gasteiger partial charge in [0.2, 0.25) is 5.91 Å². The zero-order valence-corrected chi connectivity index (χ0v) is 11.4. The third kappa shape index (κ3) is 3.70. The summed E-state index contributed by atoms with van der Waals surface area (Å²) in [7, 11) is 0. The van der Waals surface area contributed by atoms with Crippen LogP contribution in [0.1, 0.15) is 78.1 Å². The van der Waals surface area contributed by atoms with Crippen LogP contribution in [0.4, 0.5) is 0 Å². The van der Waals surface area contributed by atoms with Gasteiger partial charge in [-0.15, -0.1) is 0 Å². The lowest BCUT2D eigenvalue weighted by molar-refractivity contribution is -0.202. The zero-order valence-electron chi connectivity index (χ0n) is 11.4. The van der Waals surface area contributed by atoms with Gasteiger partial charge in [0.05, 0.1) is 5.54 Å². The molecule has 3 heteroatoms. The van der Waals surface area contributed by atoms with E-state index >= 15 is 0 Å². The second kappa shape index (κ2) is 7.00. The first-order valence-electron chi connectivity index (χ1n) is 7.18. The van der Waals surface area contributed by atoms with Gasteiger partial charge in [0, 0.05) is 6.42 Å². The third-order valence-corrected chi connectivity index (χ3v) is 3.93. The quantitative estimate of drug-likeness (QED) is 0.566. The van der Waals surface area contributed by atoms with Crippen LogP contribution in [0, 0.1) is 0 Å². The van der Waals surface area contributed by atoms with Gasteiger partial charge in [-0.05, 0) is 25.7 Å². The van der Waals surface area contributed by atoms with Gasteiger partial charge >= 0.3 is 0 Å². The van der Waals surface area contributed by atoms with Crippen molar-refractivity contribution in [2.24, 2.45) is 0 Å². The van der Waals surface area contributed by atoms with Crippen molar-refractivity contribution in [3.63, 3.8) is 0 Å². The highest BCUT2D eigenvalue weighted by Gasteiger charge is 2.39. The summed E-state index contributed by atoms with van der Waals surface area (Å²) in [5.74, 6) is -0.0813. The maximum Gasteiger partial charge on any atom is 0.246 e. The predicted molar refractivity (Wildman–Crippen MR) is 68.9 cm³/mol. The summed E-state index contributed by atoms with van der Waals surface area (Å²) < 4.78 is 0. The molecule has 1 saturated carbocycles. The van der Waals surface area contributed by atoms with Crippen molar-refractivity contribution in [1.82, 2.24) is 5.06 Å². The number of hydroxylamine groups is 2. The molecule has 0 heterocycles. The number of carbonyl (C=O) groups is 1. The highest BCUT2D eigenvalue weighted by Crippen LogP contribution is 2.36. The summed E-state index contributed by atoms with van der Waals surface area (Å²) in [6, 6.07) is 0. The SMILES string of the molecule is CCCCC(=O)N(O)C1(CCC)CCCCC1. The number of hydrogen-bond acceptors (Lipinski definition) is 2. The van der Waals surface area contributed by atoms with E-state index in [9.17, 15) is 10.0 Å². The Bertz CT molecular complexity index is 229. The fourth-order valence-electron chi connectivity index (χ4n) is 2.94. The topological polar surface area (TPSA) is 40.5 Å². The van der Waals surface area contributed by atoms with Gasteiger partial charge in [0.1, 0.15) is 0 Å². The Balaban J connectivity index is 2.64. The highest BCUT2D eigenvalue weighted by molar-refractivity contribution is 5.75. The van der Waals surface area contributed by atoms with Crippen LogP contribution >= 0.6 is 0 Å². The van der Waals surface area contributed by atoms with E-state index in [1.807, 2.05) is 0 Å². The Morgan fingerprint density at radius 2 is 1.82 bits per heavy atom. The van der Waals surface area contributed by atoms with E-state index in [0.29, 0.717) is 6.42 Å². The number of carbonyl (C=O) groups excluding carboxylic acids is 1. The van der Waals surface area contributed by atoms with Crippen LogP contribution in [0.25, 0.3) is 0 Å². The summed E-state index contributed by atoms with van der Waals surface area (Å²) in [4.78, 5) is 12.0. The first-order valence-corrected chi connectivity index (χ1v) is 7.18. The Labute approximate surface area is 105 Å². The molecule has 3 nitrogen and oxygen atoms in total. The van der Waals surface area contributed by atoms with Gasteiger partial charge in [0.25, 0.3) is 0 Å². The van der Waals surface area contributed by atoms with Crippen LogP contribution in [0.15, 0.2) is 0 Å². The van der Waals surface area contributed by atoms with E-state index in [2.05, 4.69) is 13.8 Å². The van der Waals surface area contributed by atoms with Gasteiger partial charge in [0.15, 0.2) is 0 Å². The maximum absolute atomic E-state index is 12.0. The lowest BCUT2D eigenvalue weighted by Crippen LogP contribution is -2.51. The van der Waals surface area contributed by atoms with Gasteiger partial charge in [-0.1, -0.05) is 46.0 Å². The molecule has 0 aliphatic heterocycles. The van der Waals surface area contributed by atoms with Crippen LogP contribution in [-0.2, 0) is 4.79 Å². The Kier molecular flexibility index (Phi) is 5.96. The monoisotopic (exact) mass is 241 g/mol. The average Bonchev–Trinajstić information content (AvgIpc) is 2.36. The van der Waals surface area contributed by atoms with E-state index < -0.39 is 0 Å². The van der Waals surface area contributed by atoms with E-state index in [1.165, 1.54) is 6.42 Å². The summed E-state index contributed by atoms with van der Waals surface area (Å²) in [5.41, 5.74) is -0.252. The summed E-state index contributed by atoms with van der Waals surface area (Å²) in [6.45, 7) is 4.19. The maximum atomic E-state index is 12.0. The largest absolute Gasteiger partial charge is 0.285 e. The lowest BCUT2D eigenvalue weighted by atomic mass is 9.78. The molecule has 0 aromatic carbocycles. The minimum absolute atomic E-state index is 0.0813. The molecule has 0 radical (unpaired) electrons. The zero-order chi connectivity index (χ0) is 12.7. The molecule has 0 atom stereocenters. The number of amides is 1. The lowest BCUT2D eigenvalue weighted by Gasteiger charge is -2.42. The standard InChI is InChI=1S/C14H27NO2/c1-3-5-9-13(16)15(17)14(10-4-2)11-7-6-8-12-14/h17H,3-12H2,1-2H3. The molecule has 0 saturated heterocycles. The molecule has 1 aliphatic rings. The molecule has 0 bridgehead atoms. The molecular formula is C14H27NO2. The number of rotatable bonds is 6. The molecule has 0 aromatic rings. The summed E-state index contributed by atoms with van der Waals surface area (Å²) in [5, 5.41) is 11.3. The van der Waals surface area contributed by atoms with E-state index in [1.54, 1.807) is 0 Å². The molecule has 0 aromatic heterocycles. The first kappa shape index (κ1) is 14.5. The molecule has 1 N–H and O–H groups in total. The second-order valence-electron chi connectivity index (χ2n) is 5.34. The first-order chi connectivity index (χ1) is 8.16. The van der Waals surface area contributed by atoms with Crippen molar-refractivity contribution >= 4 is 5.91 Å². The normalized spacial score (nSPS) is 19.0. The molecule has 1 amide bonds. The molecule has 100 valence electrons. The second-order valence-corrected chi connectivity index (χ2v) is 5.34. The van der Waals surface area contributed by atoms with E-state index in [-0.39, 0.29) is 11.4 Å². The number of hydrogen-bond donors (Lipinski definition) is 1. The summed E-state index contributed by atoms with van der Waals surface area (Å²) >= 11 is 0. The van der Waals surface area contributed by atoms with Gasteiger partial charge in [-0.25, -0.2) is 5.06 Å². The summed E-state index contributed by atoms with van der Waals surface area (Å²) in [6.07, 6.45) is 9.76. The molecule has 1 rings (SSSR count). The van der Waals surface area contributed by atoms with Crippen LogP contribution in [0.2, 0.25) is 0 Å². The van der Waals surface area contributed by atoms with Crippen molar-refractivity contribution in [1.29, 1.82) is 0 Å². The number of nitrogens with zero attached hydrogens (tertiary/aromatic N) is 1. The van der Waals surface area contributed by atoms with Crippen LogP contribution in [-0.4, -0.2) is 21.7 Å². The van der Waals surface area contributed by atoms with E-state index in [0.717, 1.165) is 56.4 Å². The fraction of sp³-hybridized carbons (Fsp3) is 0.929. The fourth-order valence-corrected chi connectivity index (χ4v) is 2.94. The van der Waals surface area contributed by atoms with Crippen molar-refractivity contribution in [3.05, 3.63) is 0 Å². The van der Waals surface area contributed by atoms with E-state index in [4.69, 9.17) is 0 Å². The molecule has 0 spiro atoms. The minimum Gasteiger partial charge on any atom is -0.285 e. The Morgan fingerprint density at radius 1 is 1.18 bits per heavy atom. The highest BCUT2D eigenvalue weighted by atomic mass is 16.5. The van der Waals surface area contributed by atoms with Gasteiger partial charge in [-0.3, -0.25) is 10.0 Å². The van der Waals surface area contributed by atoms with Crippen molar-refractivity contribution in [2.45, 2.75) is 83.6 Å². The van der Waals surface area contributed by atoms with Gasteiger partial charge < -0.3 is 0 Å². The molecule has 1 fully saturated rings. The Hall–Kier alpha value is -0.570. The smallest absolute Gasteiger partial charge is 0.246 e. The van der Waals surface area contributed by atoms with Crippen LogP contribution in [0.3, 0.4) is 0 Å².